The van der Waals surface area contributed by atoms with E-state index in [-0.39, 0.29) is 6.61 Å². The van der Waals surface area contributed by atoms with Crippen LogP contribution in [-0.2, 0) is 6.61 Å². The van der Waals surface area contributed by atoms with Crippen molar-refractivity contribution in [2.75, 3.05) is 0 Å². The van der Waals surface area contributed by atoms with Crippen molar-refractivity contribution < 1.29 is 9.63 Å². The number of halogens is 4. The summed E-state index contributed by atoms with van der Waals surface area (Å²) < 4.78 is 5.40. The molecule has 0 atom stereocenters. The first-order valence-corrected chi connectivity index (χ1v) is 8.02. The molecule has 0 spiro atoms. The predicted molar refractivity (Wildman–Crippen MR) is 93.3 cm³/mol. The molecule has 1 heterocycles. The van der Waals surface area contributed by atoms with Crippen molar-refractivity contribution in [2.45, 2.75) is 6.61 Å². The minimum atomic E-state index is -0.281. The minimum Gasteiger partial charge on any atom is -0.391 e. The number of aromatic nitrogens is 1. The van der Waals surface area contributed by atoms with Gasteiger partial charge in [0, 0.05) is 16.1 Å². The fourth-order valence-corrected chi connectivity index (χ4v) is 2.89. The van der Waals surface area contributed by atoms with Crippen LogP contribution >= 0.6 is 46.4 Å². The molecular weight excluding hydrogens is 380 g/mol. The summed E-state index contributed by atoms with van der Waals surface area (Å²) in [5.41, 5.74) is 2.16. The van der Waals surface area contributed by atoms with Crippen molar-refractivity contribution in [3.8, 4) is 22.6 Å². The normalized spacial score (nSPS) is 11.0. The van der Waals surface area contributed by atoms with E-state index in [0.29, 0.717) is 48.2 Å². The van der Waals surface area contributed by atoms with Gasteiger partial charge in [-0.05, 0) is 36.4 Å². The Labute approximate surface area is 152 Å². The van der Waals surface area contributed by atoms with Crippen LogP contribution in [0.4, 0.5) is 0 Å². The third-order valence-corrected chi connectivity index (χ3v) is 4.62. The van der Waals surface area contributed by atoms with Crippen LogP contribution < -0.4 is 0 Å². The first-order chi connectivity index (χ1) is 11.0. The van der Waals surface area contributed by atoms with Gasteiger partial charge in [-0.15, -0.1) is 0 Å². The molecule has 1 aromatic heterocycles. The van der Waals surface area contributed by atoms with Crippen molar-refractivity contribution in [2.24, 2.45) is 0 Å². The van der Waals surface area contributed by atoms with Gasteiger partial charge < -0.3 is 9.63 Å². The van der Waals surface area contributed by atoms with Gasteiger partial charge in [0.25, 0.3) is 0 Å². The molecule has 0 aliphatic carbocycles. The highest BCUT2D eigenvalue weighted by Crippen LogP contribution is 2.38. The number of rotatable bonds is 3. The Hall–Kier alpha value is -1.23. The Balaban J connectivity index is 2.17. The van der Waals surface area contributed by atoms with E-state index in [1.807, 2.05) is 0 Å². The van der Waals surface area contributed by atoms with E-state index in [1.54, 1.807) is 36.4 Å². The molecule has 0 saturated carbocycles. The quantitative estimate of drug-likeness (QED) is 0.588. The number of benzene rings is 2. The van der Waals surface area contributed by atoms with Gasteiger partial charge >= 0.3 is 0 Å². The van der Waals surface area contributed by atoms with E-state index >= 15 is 0 Å². The Kier molecular flexibility index (Phi) is 4.85. The summed E-state index contributed by atoms with van der Waals surface area (Å²) in [5.74, 6) is 0.400. The molecule has 3 rings (SSSR count). The molecule has 0 fully saturated rings. The minimum absolute atomic E-state index is 0.281. The summed E-state index contributed by atoms with van der Waals surface area (Å²) in [6.45, 7) is -0.281. The summed E-state index contributed by atoms with van der Waals surface area (Å²) in [7, 11) is 0. The largest absolute Gasteiger partial charge is 0.391 e. The third-order valence-electron chi connectivity index (χ3n) is 3.31. The van der Waals surface area contributed by atoms with Gasteiger partial charge in [-0.2, -0.15) is 0 Å². The van der Waals surface area contributed by atoms with Gasteiger partial charge in [-0.1, -0.05) is 51.6 Å². The zero-order valence-corrected chi connectivity index (χ0v) is 14.5. The molecule has 2 aromatic carbocycles. The van der Waals surface area contributed by atoms with Crippen LogP contribution in [0.2, 0.25) is 20.1 Å². The lowest BCUT2D eigenvalue weighted by molar-refractivity contribution is 0.281. The fraction of sp³-hybridized carbons (Fsp3) is 0.0625. The predicted octanol–water partition coefficient (Wildman–Crippen LogP) is 6.11. The average molecular weight is 389 g/mol. The van der Waals surface area contributed by atoms with E-state index < -0.39 is 0 Å². The van der Waals surface area contributed by atoms with Crippen molar-refractivity contribution in [3.63, 3.8) is 0 Å². The highest BCUT2D eigenvalue weighted by Gasteiger charge is 2.21. The second kappa shape index (κ2) is 6.71. The second-order valence-corrected chi connectivity index (χ2v) is 6.41. The van der Waals surface area contributed by atoms with Crippen molar-refractivity contribution in [1.82, 2.24) is 5.16 Å². The summed E-state index contributed by atoms with van der Waals surface area (Å²) >= 11 is 24.2. The fourth-order valence-electron chi connectivity index (χ4n) is 2.21. The topological polar surface area (TPSA) is 46.3 Å². The number of aliphatic hydroxyl groups excluding tert-OH is 1. The lowest BCUT2D eigenvalue weighted by Crippen LogP contribution is -1.90. The molecule has 0 saturated heterocycles. The highest BCUT2D eigenvalue weighted by atomic mass is 35.5. The van der Waals surface area contributed by atoms with Gasteiger partial charge in [-0.25, -0.2) is 0 Å². The Morgan fingerprint density at radius 3 is 2.35 bits per heavy atom. The number of nitrogens with zero attached hydrogens (tertiary/aromatic N) is 1. The lowest BCUT2D eigenvalue weighted by atomic mass is 10.0. The molecule has 0 aliphatic rings. The standard InChI is InChI=1S/C16H9Cl4NO2/c17-9-2-4-12(18)10(6-9)15-11(7-22)16(23-21-15)8-1-3-13(19)14(20)5-8/h1-6,22H,7H2. The zero-order valence-electron chi connectivity index (χ0n) is 11.5. The maximum atomic E-state index is 9.76. The molecule has 3 nitrogen and oxygen atoms in total. The van der Waals surface area contributed by atoms with E-state index in [1.165, 1.54) is 0 Å². The number of hydrogen-bond donors (Lipinski definition) is 1. The third kappa shape index (κ3) is 3.21. The average Bonchev–Trinajstić information content (AvgIpc) is 2.96. The van der Waals surface area contributed by atoms with Crippen molar-refractivity contribution >= 4 is 46.4 Å². The van der Waals surface area contributed by atoms with Crippen LogP contribution in [0.1, 0.15) is 5.56 Å². The summed E-state index contributed by atoms with van der Waals surface area (Å²) in [6.07, 6.45) is 0. The van der Waals surface area contributed by atoms with Crippen LogP contribution in [0.5, 0.6) is 0 Å². The monoisotopic (exact) mass is 387 g/mol. The number of aliphatic hydroxyl groups is 1. The lowest BCUT2D eigenvalue weighted by Gasteiger charge is -2.05. The first kappa shape index (κ1) is 16.6. The molecule has 0 bridgehead atoms. The van der Waals surface area contributed by atoms with Crippen LogP contribution in [0, 0.1) is 0 Å². The molecule has 0 radical (unpaired) electrons. The van der Waals surface area contributed by atoms with E-state index in [4.69, 9.17) is 50.9 Å². The molecular formula is C16H9Cl4NO2. The van der Waals surface area contributed by atoms with Gasteiger partial charge in [-0.3, -0.25) is 0 Å². The summed E-state index contributed by atoms with van der Waals surface area (Å²) in [5, 5.41) is 15.6. The van der Waals surface area contributed by atoms with Crippen LogP contribution in [-0.4, -0.2) is 10.3 Å². The maximum absolute atomic E-state index is 9.76. The second-order valence-electron chi connectivity index (χ2n) is 4.75. The van der Waals surface area contributed by atoms with Gasteiger partial charge in [0.05, 0.1) is 27.2 Å². The Morgan fingerprint density at radius 2 is 1.65 bits per heavy atom. The molecule has 0 aliphatic heterocycles. The highest BCUT2D eigenvalue weighted by molar-refractivity contribution is 6.42. The molecule has 3 aromatic rings. The van der Waals surface area contributed by atoms with E-state index in [9.17, 15) is 5.11 Å². The molecule has 1 N–H and O–H groups in total. The SMILES string of the molecule is OCc1c(-c2cc(Cl)ccc2Cl)noc1-c1ccc(Cl)c(Cl)c1. The summed E-state index contributed by atoms with van der Waals surface area (Å²) in [6, 6.07) is 10.0. The van der Waals surface area contributed by atoms with Crippen LogP contribution in [0.15, 0.2) is 40.9 Å². The van der Waals surface area contributed by atoms with Gasteiger partial charge in [0.1, 0.15) is 5.69 Å². The van der Waals surface area contributed by atoms with Gasteiger partial charge in [0.15, 0.2) is 5.76 Å². The van der Waals surface area contributed by atoms with E-state index in [0.717, 1.165) is 0 Å². The maximum Gasteiger partial charge on any atom is 0.173 e. The van der Waals surface area contributed by atoms with Crippen LogP contribution in [0.3, 0.4) is 0 Å². The van der Waals surface area contributed by atoms with Crippen molar-refractivity contribution in [3.05, 3.63) is 62.1 Å². The van der Waals surface area contributed by atoms with Crippen molar-refractivity contribution in [1.29, 1.82) is 0 Å². The summed E-state index contributed by atoms with van der Waals surface area (Å²) in [4.78, 5) is 0. The van der Waals surface area contributed by atoms with Gasteiger partial charge in [0.2, 0.25) is 0 Å². The first-order valence-electron chi connectivity index (χ1n) is 6.51. The Bertz CT molecular complexity index is 877. The Morgan fingerprint density at radius 1 is 0.913 bits per heavy atom. The molecule has 7 heteroatoms. The number of hydrogen-bond acceptors (Lipinski definition) is 3. The van der Waals surface area contributed by atoms with Crippen LogP contribution in [0.25, 0.3) is 22.6 Å². The smallest absolute Gasteiger partial charge is 0.173 e. The zero-order chi connectivity index (χ0) is 16.6. The molecule has 118 valence electrons. The molecule has 23 heavy (non-hydrogen) atoms. The molecule has 0 amide bonds. The molecule has 0 unspecified atom stereocenters. The van der Waals surface area contributed by atoms with E-state index in [2.05, 4.69) is 5.16 Å².